The number of esters is 1. The molecule has 2 unspecified atom stereocenters. The van der Waals surface area contributed by atoms with Crippen molar-refractivity contribution in [3.63, 3.8) is 0 Å². The Hall–Kier alpha value is -4.30. The van der Waals surface area contributed by atoms with Gasteiger partial charge < -0.3 is 43.9 Å². The van der Waals surface area contributed by atoms with Crippen molar-refractivity contribution in [2.24, 2.45) is 35.5 Å². The number of ether oxygens (including phenoxy) is 5. The van der Waals surface area contributed by atoms with Crippen LogP contribution in [0.15, 0.2) is 53.9 Å². The summed E-state index contributed by atoms with van der Waals surface area (Å²) in [6.07, 6.45) is 10.7. The minimum Gasteiger partial charge on any atom is -0.460 e. The second-order valence-corrected chi connectivity index (χ2v) is 20.6. The maximum atomic E-state index is 14.5. The fourth-order valence-electron chi connectivity index (χ4n) is 10.7. The molecule has 18 heteroatoms. The fraction of sp³-hybridized carbons (Fsp3) is 0.731. The van der Waals surface area contributed by atoms with E-state index in [1.54, 1.807) is 59.0 Å². The number of nitrogens with zero attached hydrogens (tertiary/aromatic N) is 5. The van der Waals surface area contributed by atoms with Crippen molar-refractivity contribution < 1.29 is 63.0 Å². The molecule has 4 aliphatic rings. The molecule has 1 aromatic heterocycles. The highest BCUT2D eigenvalue weighted by Gasteiger charge is 2.53. The van der Waals surface area contributed by atoms with Gasteiger partial charge in [0.15, 0.2) is 5.78 Å². The predicted molar refractivity (Wildman–Crippen MR) is 257 cm³/mol. The maximum Gasteiger partial charge on any atom is 0.329 e. The Morgan fingerprint density at radius 2 is 1.61 bits per heavy atom. The number of aliphatic hydroxyl groups is 3. The van der Waals surface area contributed by atoms with Crippen molar-refractivity contribution >= 4 is 29.2 Å². The van der Waals surface area contributed by atoms with Crippen LogP contribution in [0.1, 0.15) is 125 Å². The van der Waals surface area contributed by atoms with E-state index >= 15 is 0 Å². The average Bonchev–Trinajstić information content (AvgIpc) is 3.88. The number of carbonyl (C=O) groups is 5. The van der Waals surface area contributed by atoms with Crippen LogP contribution in [0.25, 0.3) is 0 Å². The van der Waals surface area contributed by atoms with Gasteiger partial charge in [-0.1, -0.05) is 71.1 Å². The number of amides is 1. The first-order valence-corrected chi connectivity index (χ1v) is 25.1. The third-order valence-electron chi connectivity index (χ3n) is 15.3. The number of fused-ring (bicyclic) bond motifs is 3. The zero-order chi connectivity index (χ0) is 51.4. The standard InChI is InChI=1S/C52H79N5O13/c1-30-14-12-11-13-15-31(2)43(66-8)27-39-18-16-36(7)52(65,70-39)49(62)50(63)56-21-20-38(58)26-41(56)51(64)69-44(33(4)24-37-17-19-40(45(25-37)67-9)57-29-53-54-55-57)28-42(59)32(3)23-35(6)47(61)48(68-10)46(60)34(5)22-30/h11-15,23,29-30,32-34,36-41,43-45,47-48,58,61,65H,16-22,24-28H2,1-10H3/b13-11+,14-12+,31-15+,35-23+/t30-,32-,33-,34-,36-,37+,38?,39+,40?,41+,43+,44+,45-,47-,48+,52-/m1/s1. The number of aromatic nitrogens is 4. The topological polar surface area (TPSA) is 239 Å². The fourth-order valence-corrected chi connectivity index (χ4v) is 10.7. The molecule has 70 heavy (non-hydrogen) atoms. The zero-order valence-electron chi connectivity index (χ0n) is 42.8. The molecule has 1 saturated carbocycles. The Morgan fingerprint density at radius 1 is 0.871 bits per heavy atom. The number of hydrogen-bond donors (Lipinski definition) is 3. The maximum absolute atomic E-state index is 14.5. The molecular formula is C52H79N5O13. The van der Waals surface area contributed by atoms with Gasteiger partial charge in [0.2, 0.25) is 5.79 Å². The lowest BCUT2D eigenvalue weighted by Gasteiger charge is -2.43. The van der Waals surface area contributed by atoms with Crippen molar-refractivity contribution in [1.82, 2.24) is 25.1 Å². The third-order valence-corrected chi connectivity index (χ3v) is 15.3. The molecule has 0 radical (unpaired) electrons. The number of piperidine rings is 1. The van der Waals surface area contributed by atoms with Gasteiger partial charge in [-0.05, 0) is 105 Å². The van der Waals surface area contributed by atoms with Crippen LogP contribution in [0.4, 0.5) is 0 Å². The highest BCUT2D eigenvalue weighted by atomic mass is 16.6. The van der Waals surface area contributed by atoms with Gasteiger partial charge in [0.25, 0.3) is 11.7 Å². The van der Waals surface area contributed by atoms with Crippen LogP contribution in [-0.4, -0.2) is 152 Å². The van der Waals surface area contributed by atoms with Gasteiger partial charge in [-0.3, -0.25) is 19.2 Å². The number of rotatable bonds is 7. The Labute approximate surface area is 413 Å². The van der Waals surface area contributed by atoms with E-state index in [0.717, 1.165) is 23.3 Å². The first-order chi connectivity index (χ1) is 33.2. The Morgan fingerprint density at radius 3 is 2.29 bits per heavy atom. The molecule has 5 rings (SSSR count). The van der Waals surface area contributed by atoms with E-state index in [2.05, 4.69) is 15.5 Å². The first kappa shape index (κ1) is 56.6. The number of cyclic esters (lactones) is 1. The highest BCUT2D eigenvalue weighted by molar-refractivity contribution is 6.39. The normalized spacial score (nSPS) is 39.4. The largest absolute Gasteiger partial charge is 0.460 e. The van der Waals surface area contributed by atoms with Crippen molar-refractivity contribution in [3.8, 4) is 0 Å². The van der Waals surface area contributed by atoms with E-state index in [-0.39, 0.29) is 67.8 Å². The lowest BCUT2D eigenvalue weighted by Crippen LogP contribution is -2.61. The van der Waals surface area contributed by atoms with Crippen LogP contribution >= 0.6 is 0 Å². The minimum atomic E-state index is -2.50. The lowest BCUT2D eigenvalue weighted by atomic mass is 9.77. The second-order valence-electron chi connectivity index (χ2n) is 20.6. The van der Waals surface area contributed by atoms with Crippen molar-refractivity contribution in [2.45, 2.75) is 180 Å². The number of ketones is 3. The Bertz CT molecular complexity index is 2060. The monoisotopic (exact) mass is 982 g/mol. The summed E-state index contributed by atoms with van der Waals surface area (Å²) in [4.78, 5) is 72.3. The number of carbonyl (C=O) groups excluding carboxylic acids is 5. The van der Waals surface area contributed by atoms with E-state index in [1.165, 1.54) is 7.11 Å². The molecule has 1 amide bonds. The van der Waals surface area contributed by atoms with Gasteiger partial charge in [0, 0.05) is 64.9 Å². The molecule has 1 aromatic rings. The molecule has 1 aliphatic carbocycles. The third kappa shape index (κ3) is 14.2. The minimum absolute atomic E-state index is 0.00317. The van der Waals surface area contributed by atoms with Crippen LogP contribution in [0, 0.1) is 35.5 Å². The van der Waals surface area contributed by atoms with Crippen molar-refractivity contribution in [1.29, 1.82) is 0 Å². The van der Waals surface area contributed by atoms with Crippen LogP contribution < -0.4 is 0 Å². The SMILES string of the molecule is CO[C@H]1C[C@@H]2CC[C@@H](C)[C@@](O)(O2)C(=O)C(=O)N2CCC(O)C[C@H]2C(=O)O[C@H]([C@H](C)C[C@@H]2CCC(n3cnnn3)[C@H](OC)C2)CC(=O)[C@H](C)/C=C(\C)[C@@H](O)[C@@H](OC)C(=O)[C@H](C)C[C@H](C)/C=C/C=C/C=C/1C. The average molecular weight is 982 g/mol. The number of tetrazole rings is 1. The summed E-state index contributed by atoms with van der Waals surface area (Å²) < 4.78 is 31.4. The number of methoxy groups -OCH3 is 3. The summed E-state index contributed by atoms with van der Waals surface area (Å²) in [5.74, 6) is -8.67. The number of allylic oxidation sites excluding steroid dienone is 6. The summed E-state index contributed by atoms with van der Waals surface area (Å²) in [5, 5.41) is 46.1. The Balaban J connectivity index is 1.48. The van der Waals surface area contributed by atoms with E-state index in [1.807, 2.05) is 51.2 Å². The highest BCUT2D eigenvalue weighted by Crippen LogP contribution is 2.39. The number of hydrogen-bond acceptors (Lipinski definition) is 16. The molecule has 0 spiro atoms. The van der Waals surface area contributed by atoms with Crippen LogP contribution in [0.2, 0.25) is 0 Å². The molecule has 390 valence electrons. The van der Waals surface area contributed by atoms with Gasteiger partial charge in [-0.15, -0.1) is 5.10 Å². The van der Waals surface area contributed by atoms with Crippen molar-refractivity contribution in [3.05, 3.63) is 53.9 Å². The van der Waals surface area contributed by atoms with Gasteiger partial charge in [0.1, 0.15) is 36.5 Å². The predicted octanol–water partition coefficient (Wildman–Crippen LogP) is 5.02. The number of aliphatic hydroxyl groups excluding tert-OH is 2. The molecule has 16 atom stereocenters. The molecule has 2 bridgehead atoms. The number of Topliss-reactive ketones (excluding diaryl/α,β-unsaturated/α-hetero) is 3. The lowest BCUT2D eigenvalue weighted by molar-refractivity contribution is -0.265. The zero-order valence-corrected chi connectivity index (χ0v) is 42.8. The van der Waals surface area contributed by atoms with Gasteiger partial charge >= 0.3 is 5.97 Å². The summed E-state index contributed by atoms with van der Waals surface area (Å²) in [7, 11) is 4.57. The van der Waals surface area contributed by atoms with Gasteiger partial charge in [-0.25, -0.2) is 9.48 Å². The summed E-state index contributed by atoms with van der Waals surface area (Å²) >= 11 is 0. The molecule has 4 heterocycles. The first-order valence-electron chi connectivity index (χ1n) is 25.1. The summed E-state index contributed by atoms with van der Waals surface area (Å²) in [6, 6.07) is -1.49. The van der Waals surface area contributed by atoms with E-state index < -0.39 is 89.8 Å². The summed E-state index contributed by atoms with van der Waals surface area (Å²) in [5.41, 5.74) is 1.22. The Kier molecular flexibility index (Phi) is 20.9. The van der Waals surface area contributed by atoms with Crippen LogP contribution in [0.5, 0.6) is 0 Å². The molecule has 2 saturated heterocycles. The molecule has 3 N–H and O–H groups in total. The van der Waals surface area contributed by atoms with Crippen LogP contribution in [-0.2, 0) is 47.7 Å². The van der Waals surface area contributed by atoms with E-state index in [4.69, 9.17) is 23.7 Å². The molecule has 3 aliphatic heterocycles. The van der Waals surface area contributed by atoms with Gasteiger partial charge in [-0.2, -0.15) is 0 Å². The van der Waals surface area contributed by atoms with E-state index in [0.29, 0.717) is 37.7 Å². The second kappa shape index (κ2) is 25.9. The van der Waals surface area contributed by atoms with Crippen LogP contribution in [0.3, 0.4) is 0 Å². The quantitative estimate of drug-likeness (QED) is 0.185. The molecule has 18 nitrogen and oxygen atoms in total. The smallest absolute Gasteiger partial charge is 0.329 e. The van der Waals surface area contributed by atoms with E-state index in [9.17, 15) is 39.3 Å². The summed E-state index contributed by atoms with van der Waals surface area (Å²) in [6.45, 7) is 12.4. The molecule has 3 fully saturated rings. The van der Waals surface area contributed by atoms with Crippen molar-refractivity contribution in [2.75, 3.05) is 27.9 Å². The molecular weight excluding hydrogens is 903 g/mol. The molecule has 0 aromatic carbocycles. The van der Waals surface area contributed by atoms with Gasteiger partial charge in [0.05, 0.1) is 30.5 Å².